The van der Waals surface area contributed by atoms with Gasteiger partial charge in [0, 0.05) is 41.9 Å². The fraction of sp³-hybridized carbons (Fsp3) is 0.250. The second-order valence-electron chi connectivity index (χ2n) is 10.2. The molecule has 41 heavy (non-hydrogen) atoms. The summed E-state index contributed by atoms with van der Waals surface area (Å²) in [5.41, 5.74) is 7.15. The van der Waals surface area contributed by atoms with Gasteiger partial charge in [-0.25, -0.2) is 4.79 Å². The monoisotopic (exact) mass is 567 g/mol. The van der Waals surface area contributed by atoms with Crippen molar-refractivity contribution in [3.63, 3.8) is 0 Å². The molecule has 4 aromatic rings. The van der Waals surface area contributed by atoms with E-state index in [9.17, 15) is 9.59 Å². The molecule has 0 spiro atoms. The van der Waals surface area contributed by atoms with Crippen LogP contribution in [0.4, 0.5) is 5.69 Å². The van der Waals surface area contributed by atoms with Gasteiger partial charge in [0.05, 0.1) is 30.5 Å². The lowest BCUT2D eigenvalue weighted by Gasteiger charge is -2.28. The number of amides is 1. The number of carbonyl (C=O) groups is 2. The van der Waals surface area contributed by atoms with Gasteiger partial charge >= 0.3 is 5.97 Å². The van der Waals surface area contributed by atoms with Crippen molar-refractivity contribution >= 4 is 34.9 Å². The van der Waals surface area contributed by atoms with Gasteiger partial charge in [-0.05, 0) is 92.6 Å². The summed E-state index contributed by atoms with van der Waals surface area (Å²) in [6.07, 6.45) is 2.04. The molecule has 1 fully saturated rings. The molecule has 2 N–H and O–H groups in total. The summed E-state index contributed by atoms with van der Waals surface area (Å²) in [6, 6.07) is 22.7. The Labute approximate surface area is 245 Å². The van der Waals surface area contributed by atoms with E-state index in [0.717, 1.165) is 39.6 Å². The van der Waals surface area contributed by atoms with E-state index in [1.54, 1.807) is 12.3 Å². The van der Waals surface area contributed by atoms with E-state index >= 15 is 0 Å². The number of methoxy groups -OCH3 is 1. The molecule has 5 rings (SSSR count). The first kappa shape index (κ1) is 28.0. The molecule has 210 valence electrons. The molecule has 0 saturated carbocycles. The molecule has 3 heterocycles. The van der Waals surface area contributed by atoms with Crippen molar-refractivity contribution in [2.45, 2.75) is 39.3 Å². The molecular formula is C32H33N5O3S. The summed E-state index contributed by atoms with van der Waals surface area (Å²) >= 11 is 5.83. The van der Waals surface area contributed by atoms with E-state index in [-0.39, 0.29) is 30.4 Å². The van der Waals surface area contributed by atoms with Crippen molar-refractivity contribution in [3.05, 3.63) is 113 Å². The number of carbonyl (C=O) groups excluding carboxylic acids is 2. The lowest BCUT2D eigenvalue weighted by Crippen LogP contribution is -2.32. The van der Waals surface area contributed by atoms with E-state index in [0.29, 0.717) is 17.2 Å². The van der Waals surface area contributed by atoms with E-state index in [4.69, 9.17) is 17.0 Å². The summed E-state index contributed by atoms with van der Waals surface area (Å²) < 4.78 is 7.06. The molecule has 0 aliphatic carbocycles. The van der Waals surface area contributed by atoms with Crippen molar-refractivity contribution < 1.29 is 14.3 Å². The third-order valence-electron chi connectivity index (χ3n) is 7.39. The highest BCUT2D eigenvalue weighted by molar-refractivity contribution is 7.80. The molecule has 1 aliphatic heterocycles. The highest BCUT2D eigenvalue weighted by atomic mass is 32.1. The van der Waals surface area contributed by atoms with Crippen LogP contribution in [-0.4, -0.2) is 45.1 Å². The highest BCUT2D eigenvalue weighted by Crippen LogP contribution is 2.41. The van der Waals surface area contributed by atoms with Crippen LogP contribution in [0.25, 0.3) is 5.69 Å². The van der Waals surface area contributed by atoms with Crippen molar-refractivity contribution in [1.29, 1.82) is 0 Å². The summed E-state index contributed by atoms with van der Waals surface area (Å²) in [6.45, 7) is 6.53. The summed E-state index contributed by atoms with van der Waals surface area (Å²) in [7, 11) is 1.38. The largest absolute Gasteiger partial charge is 0.465 e. The second kappa shape index (κ2) is 11.9. The minimum atomic E-state index is -0.384. The maximum atomic E-state index is 12.9. The number of aryl methyl sites for hydroxylation is 2. The van der Waals surface area contributed by atoms with Gasteiger partial charge in [0.1, 0.15) is 0 Å². The number of rotatable bonds is 8. The first-order chi connectivity index (χ1) is 19.8. The molecule has 2 aromatic heterocycles. The first-order valence-electron chi connectivity index (χ1n) is 13.5. The number of hydrogen-bond donors (Lipinski definition) is 2. The van der Waals surface area contributed by atoms with Crippen LogP contribution in [-0.2, 0) is 9.53 Å². The average Bonchev–Trinajstić information content (AvgIpc) is 3.45. The topological polar surface area (TPSA) is 88.5 Å². The number of thiocarbonyl (C=S) groups is 1. The van der Waals surface area contributed by atoms with Crippen LogP contribution in [0.15, 0.2) is 79.0 Å². The fourth-order valence-electron chi connectivity index (χ4n) is 5.53. The van der Waals surface area contributed by atoms with Gasteiger partial charge in [0.25, 0.3) is 0 Å². The number of esters is 1. The maximum absolute atomic E-state index is 12.9. The quantitative estimate of drug-likeness (QED) is 0.212. The number of nitrogens with zero attached hydrogens (tertiary/aromatic N) is 3. The third kappa shape index (κ3) is 5.85. The maximum Gasteiger partial charge on any atom is 0.337 e. The molecule has 2 atom stereocenters. The van der Waals surface area contributed by atoms with Gasteiger partial charge in [0.15, 0.2) is 5.11 Å². The van der Waals surface area contributed by atoms with Crippen LogP contribution in [0.5, 0.6) is 0 Å². The van der Waals surface area contributed by atoms with Crippen molar-refractivity contribution in [2.24, 2.45) is 0 Å². The Bertz CT molecular complexity index is 1600. The van der Waals surface area contributed by atoms with E-state index < -0.39 is 0 Å². The van der Waals surface area contributed by atoms with Crippen molar-refractivity contribution in [1.82, 2.24) is 19.8 Å². The predicted octanol–water partition coefficient (Wildman–Crippen LogP) is 5.59. The fourth-order valence-corrected chi connectivity index (χ4v) is 5.86. The summed E-state index contributed by atoms with van der Waals surface area (Å²) in [5, 5.41) is 7.05. The van der Waals surface area contributed by atoms with E-state index in [2.05, 4.69) is 38.1 Å². The van der Waals surface area contributed by atoms with Gasteiger partial charge in [-0.1, -0.05) is 24.3 Å². The van der Waals surface area contributed by atoms with Gasteiger partial charge in [0.2, 0.25) is 5.91 Å². The predicted molar refractivity (Wildman–Crippen MR) is 163 cm³/mol. The lowest BCUT2D eigenvalue weighted by atomic mass is 9.96. The van der Waals surface area contributed by atoms with Crippen LogP contribution >= 0.6 is 12.2 Å². The van der Waals surface area contributed by atoms with Gasteiger partial charge < -0.3 is 24.8 Å². The van der Waals surface area contributed by atoms with Crippen LogP contribution in [0.1, 0.15) is 57.1 Å². The molecule has 1 amide bonds. The number of hydrogen-bond acceptors (Lipinski definition) is 5. The van der Waals surface area contributed by atoms with Gasteiger partial charge in [-0.2, -0.15) is 0 Å². The number of aromatic nitrogens is 2. The Kier molecular flexibility index (Phi) is 8.16. The molecule has 0 bridgehead atoms. The SMILES string of the molecule is COC(=O)c1cccc(-n2c(C)cc([C@H]3[C@@H](c4ccccn4)NC(=S)N3CCC(=O)Nc3cccc(C)c3)c2C)c1. The van der Waals surface area contributed by atoms with Gasteiger partial charge in [-0.15, -0.1) is 0 Å². The van der Waals surface area contributed by atoms with Crippen molar-refractivity contribution in [2.75, 3.05) is 19.0 Å². The molecule has 0 unspecified atom stereocenters. The first-order valence-corrected chi connectivity index (χ1v) is 13.9. The van der Waals surface area contributed by atoms with E-state index in [1.807, 2.05) is 74.5 Å². The van der Waals surface area contributed by atoms with E-state index in [1.165, 1.54) is 7.11 Å². The Morgan fingerprint density at radius 1 is 1.02 bits per heavy atom. The third-order valence-corrected chi connectivity index (χ3v) is 7.75. The number of nitrogens with one attached hydrogen (secondary N) is 2. The number of pyridine rings is 1. The lowest BCUT2D eigenvalue weighted by molar-refractivity contribution is -0.116. The van der Waals surface area contributed by atoms with Crippen LogP contribution in [0, 0.1) is 20.8 Å². The molecule has 9 heteroatoms. The average molecular weight is 568 g/mol. The van der Waals surface area contributed by atoms with Gasteiger partial charge in [-0.3, -0.25) is 9.78 Å². The number of ether oxygens (including phenoxy) is 1. The van der Waals surface area contributed by atoms with Crippen LogP contribution < -0.4 is 10.6 Å². The summed E-state index contributed by atoms with van der Waals surface area (Å²) in [4.78, 5) is 31.9. The molecule has 2 aromatic carbocycles. The minimum Gasteiger partial charge on any atom is -0.465 e. The number of anilines is 1. The molecule has 1 aliphatic rings. The Morgan fingerprint density at radius 3 is 2.56 bits per heavy atom. The zero-order valence-electron chi connectivity index (χ0n) is 23.5. The smallest absolute Gasteiger partial charge is 0.337 e. The molecule has 0 radical (unpaired) electrons. The highest BCUT2D eigenvalue weighted by Gasteiger charge is 2.41. The molecule has 8 nitrogen and oxygen atoms in total. The zero-order valence-corrected chi connectivity index (χ0v) is 24.4. The van der Waals surface area contributed by atoms with Crippen LogP contribution in [0.2, 0.25) is 0 Å². The minimum absolute atomic E-state index is 0.0801. The number of benzene rings is 2. The zero-order chi connectivity index (χ0) is 29.1. The van der Waals surface area contributed by atoms with Crippen molar-refractivity contribution in [3.8, 4) is 5.69 Å². The standard InChI is InChI=1S/C32H33N5O3S/c1-20-9-7-11-24(17-20)34-28(38)14-16-36-30(29(35-32(36)41)27-13-5-6-15-33-27)26-18-21(2)37(22(26)3)25-12-8-10-23(19-25)31(39)40-4/h5-13,15,17-19,29-30H,14,16H2,1-4H3,(H,34,38)(H,35,41)/t29-,30+/m1/s1. The van der Waals surface area contributed by atoms with Crippen LogP contribution in [0.3, 0.4) is 0 Å². The Hall–Kier alpha value is -4.50. The molecular weight excluding hydrogens is 534 g/mol. The summed E-state index contributed by atoms with van der Waals surface area (Å²) in [5.74, 6) is -0.464. The second-order valence-corrected chi connectivity index (χ2v) is 10.6. The normalized spacial score (nSPS) is 16.4. The molecule has 1 saturated heterocycles. The Balaban J connectivity index is 1.48. The Morgan fingerprint density at radius 2 is 1.83 bits per heavy atom.